The number of benzene rings is 3. The fourth-order valence-corrected chi connectivity index (χ4v) is 5.85. The first kappa shape index (κ1) is 25.1. The Labute approximate surface area is 208 Å². The normalized spacial score (nSPS) is 18.1. The summed E-state index contributed by atoms with van der Waals surface area (Å²) in [5.41, 5.74) is 1.46. The Hall–Kier alpha value is -4.02. The Kier molecular flexibility index (Phi) is 7.47. The van der Waals surface area contributed by atoms with E-state index in [1.807, 2.05) is 6.07 Å². The molecule has 0 unspecified atom stereocenters. The minimum atomic E-state index is -4.14. The van der Waals surface area contributed by atoms with Gasteiger partial charge in [0.2, 0.25) is 9.84 Å². The van der Waals surface area contributed by atoms with E-state index in [-0.39, 0.29) is 17.9 Å². The van der Waals surface area contributed by atoms with Crippen LogP contribution in [0, 0.1) is 5.92 Å². The number of sulfone groups is 1. The lowest BCUT2D eigenvalue weighted by molar-refractivity contribution is -0.157. The molecule has 10 heteroatoms. The average molecular weight is 508 g/mol. The van der Waals surface area contributed by atoms with Crippen molar-refractivity contribution in [2.24, 2.45) is 11.8 Å². The van der Waals surface area contributed by atoms with Crippen molar-refractivity contribution in [3.05, 3.63) is 102 Å². The highest BCUT2D eigenvalue weighted by atomic mass is 32.2. The minimum Gasteiger partial charge on any atom is -0.445 e. The van der Waals surface area contributed by atoms with Gasteiger partial charge in [-0.2, -0.15) is 0 Å². The zero-order valence-corrected chi connectivity index (χ0v) is 20.0. The highest BCUT2D eigenvalue weighted by Crippen LogP contribution is 2.34. The summed E-state index contributed by atoms with van der Waals surface area (Å²) in [7, 11) is -4.14. The lowest BCUT2D eigenvalue weighted by Gasteiger charge is -2.43. The van der Waals surface area contributed by atoms with Crippen molar-refractivity contribution in [2.45, 2.75) is 29.3 Å². The molecule has 1 aliphatic heterocycles. The van der Waals surface area contributed by atoms with Crippen LogP contribution in [0.5, 0.6) is 0 Å². The van der Waals surface area contributed by atoms with Gasteiger partial charge in [-0.15, -0.1) is 0 Å². The number of Topliss-reactive ketones (excluding diaryl/α,β-unsaturated/α-hetero) is 1. The maximum Gasteiger partial charge on any atom is 0.408 e. The van der Waals surface area contributed by atoms with Crippen molar-refractivity contribution < 1.29 is 27.5 Å². The van der Waals surface area contributed by atoms with E-state index in [1.54, 1.807) is 60.7 Å². The van der Waals surface area contributed by atoms with Crippen LogP contribution in [0.1, 0.15) is 11.1 Å². The van der Waals surface area contributed by atoms with Gasteiger partial charge in [0, 0.05) is 0 Å². The Morgan fingerprint density at radius 3 is 2.00 bits per heavy atom. The molecule has 36 heavy (non-hydrogen) atoms. The maximum absolute atomic E-state index is 13.5. The van der Waals surface area contributed by atoms with Crippen LogP contribution in [0.3, 0.4) is 0 Å². The van der Waals surface area contributed by atoms with Crippen LogP contribution in [0.2, 0.25) is 0 Å². The molecular formula is C26H25N3O6S. The smallest absolute Gasteiger partial charge is 0.408 e. The molecule has 3 atom stereocenters. The summed E-state index contributed by atoms with van der Waals surface area (Å²) >= 11 is 0. The van der Waals surface area contributed by atoms with E-state index < -0.39 is 45.0 Å². The minimum absolute atomic E-state index is 0.0249. The fourth-order valence-electron chi connectivity index (χ4n) is 4.02. The Morgan fingerprint density at radius 1 is 0.889 bits per heavy atom. The van der Waals surface area contributed by atoms with E-state index in [9.17, 15) is 22.8 Å². The molecule has 3 aromatic rings. The quantitative estimate of drug-likeness (QED) is 0.196. The van der Waals surface area contributed by atoms with E-state index in [4.69, 9.17) is 10.6 Å². The van der Waals surface area contributed by atoms with E-state index in [0.29, 0.717) is 10.6 Å². The van der Waals surface area contributed by atoms with Crippen LogP contribution in [0.25, 0.3) is 0 Å². The molecule has 0 spiro atoms. The fraction of sp³-hybridized carbons (Fsp3) is 0.192. The van der Waals surface area contributed by atoms with Gasteiger partial charge in [-0.25, -0.2) is 19.1 Å². The van der Waals surface area contributed by atoms with Crippen molar-refractivity contribution in [3.63, 3.8) is 0 Å². The number of hydrogen-bond acceptors (Lipinski definition) is 7. The number of β-lactam (4-membered cyclic amide) rings is 1. The molecule has 1 heterocycles. The Balaban J connectivity index is 1.56. The van der Waals surface area contributed by atoms with Crippen LogP contribution in [0.15, 0.2) is 95.9 Å². The predicted octanol–water partition coefficient (Wildman–Crippen LogP) is 2.23. The number of nitrogens with two attached hydrogens (primary N) is 1. The topological polar surface area (TPSA) is 136 Å². The number of hydrogen-bond donors (Lipinski definition) is 2. The van der Waals surface area contributed by atoms with Gasteiger partial charge in [0.05, 0.1) is 10.9 Å². The number of carbonyl (C=O) groups is 3. The molecule has 1 aliphatic rings. The molecule has 3 aromatic carbocycles. The largest absolute Gasteiger partial charge is 0.445 e. The summed E-state index contributed by atoms with van der Waals surface area (Å²) in [4.78, 5) is 38.7. The summed E-state index contributed by atoms with van der Waals surface area (Å²) in [5.74, 6) is 2.57. The number of ether oxygens (including phenoxy) is 1. The van der Waals surface area contributed by atoms with Crippen molar-refractivity contribution >= 4 is 27.6 Å². The van der Waals surface area contributed by atoms with Crippen LogP contribution in [-0.2, 0) is 37.2 Å². The van der Waals surface area contributed by atoms with E-state index >= 15 is 0 Å². The van der Waals surface area contributed by atoms with Crippen LogP contribution in [-0.4, -0.2) is 42.6 Å². The molecule has 9 nitrogen and oxygen atoms in total. The monoisotopic (exact) mass is 507 g/mol. The van der Waals surface area contributed by atoms with Crippen molar-refractivity contribution in [2.75, 3.05) is 0 Å². The number of amides is 2. The highest BCUT2D eigenvalue weighted by Gasteiger charge is 2.58. The molecule has 0 aromatic heterocycles. The third-order valence-corrected chi connectivity index (χ3v) is 7.97. The van der Waals surface area contributed by atoms with Crippen LogP contribution < -0.4 is 11.2 Å². The molecule has 0 bridgehead atoms. The molecule has 0 saturated carbocycles. The molecule has 0 aliphatic carbocycles. The lowest BCUT2D eigenvalue weighted by Crippen LogP contribution is -2.71. The van der Waals surface area contributed by atoms with Gasteiger partial charge in [0.1, 0.15) is 12.5 Å². The van der Waals surface area contributed by atoms with Crippen molar-refractivity contribution in [1.29, 1.82) is 0 Å². The zero-order chi connectivity index (χ0) is 25.7. The third-order valence-electron chi connectivity index (χ3n) is 5.91. The van der Waals surface area contributed by atoms with Gasteiger partial charge in [-0.3, -0.25) is 14.6 Å². The number of hydrazine groups is 1. The third kappa shape index (κ3) is 5.29. The summed E-state index contributed by atoms with van der Waals surface area (Å²) in [5, 5.41) is 1.49. The molecule has 2 amide bonds. The maximum atomic E-state index is 13.5. The van der Waals surface area contributed by atoms with Gasteiger partial charge in [-0.1, -0.05) is 78.9 Å². The first-order chi connectivity index (χ1) is 17.3. The standard InChI is InChI=1S/C26H25N3O6S/c27-29-24(31)22(25(29)36(33,34)20-14-8-3-9-15-20)23(30)21(16-18-10-4-1-5-11-18)28-26(32)35-17-19-12-6-2-7-13-19/h1-15,21-22,25H,16-17,27H2,(H,28,32)/t21-,22+,25-/m0/s1. The second kappa shape index (κ2) is 10.7. The number of carbonyl (C=O) groups excluding carboxylic acids is 3. The Bertz CT molecular complexity index is 1330. The van der Waals surface area contributed by atoms with Gasteiger partial charge in [0.15, 0.2) is 11.2 Å². The predicted molar refractivity (Wildman–Crippen MR) is 131 cm³/mol. The number of rotatable bonds is 9. The van der Waals surface area contributed by atoms with Crippen molar-refractivity contribution in [1.82, 2.24) is 10.3 Å². The molecule has 0 radical (unpaired) electrons. The SMILES string of the molecule is NN1C(=O)[C@@H](C(=O)[C@H](Cc2ccccc2)NC(=O)OCc2ccccc2)[C@@H]1S(=O)(=O)c1ccccc1. The zero-order valence-electron chi connectivity index (χ0n) is 19.2. The molecule has 186 valence electrons. The van der Waals surface area contributed by atoms with E-state index in [1.165, 1.54) is 24.3 Å². The number of alkyl carbamates (subject to hydrolysis) is 1. The first-order valence-electron chi connectivity index (χ1n) is 11.2. The number of ketones is 1. The van der Waals surface area contributed by atoms with Crippen LogP contribution >= 0.6 is 0 Å². The first-order valence-corrected chi connectivity index (χ1v) is 12.8. The van der Waals surface area contributed by atoms with Gasteiger partial charge in [0.25, 0.3) is 5.91 Å². The molecule has 3 N–H and O–H groups in total. The van der Waals surface area contributed by atoms with Crippen molar-refractivity contribution in [3.8, 4) is 0 Å². The molecule has 1 fully saturated rings. The summed E-state index contributed by atoms with van der Waals surface area (Å²) in [6.07, 6.45) is -0.834. The van der Waals surface area contributed by atoms with E-state index in [2.05, 4.69) is 5.32 Å². The number of nitrogens with one attached hydrogen (secondary N) is 1. The van der Waals surface area contributed by atoms with E-state index in [0.717, 1.165) is 5.56 Å². The summed E-state index contributed by atoms with van der Waals surface area (Å²) in [6, 6.07) is 24.1. The van der Waals surface area contributed by atoms with Gasteiger partial charge < -0.3 is 10.1 Å². The second-order valence-electron chi connectivity index (χ2n) is 8.32. The van der Waals surface area contributed by atoms with Gasteiger partial charge >= 0.3 is 6.09 Å². The number of nitrogens with zero attached hydrogens (tertiary/aromatic N) is 1. The summed E-state index contributed by atoms with van der Waals surface area (Å²) in [6.45, 7) is -0.0249. The summed E-state index contributed by atoms with van der Waals surface area (Å²) < 4.78 is 31.7. The second-order valence-corrected chi connectivity index (χ2v) is 10.4. The Morgan fingerprint density at radius 2 is 1.42 bits per heavy atom. The van der Waals surface area contributed by atoms with Crippen LogP contribution in [0.4, 0.5) is 4.79 Å². The lowest BCUT2D eigenvalue weighted by atomic mass is 9.88. The average Bonchev–Trinajstić information content (AvgIpc) is 2.90. The van der Waals surface area contributed by atoms with Gasteiger partial charge in [-0.05, 0) is 29.7 Å². The molecular weight excluding hydrogens is 482 g/mol. The highest BCUT2D eigenvalue weighted by molar-refractivity contribution is 7.92. The molecule has 4 rings (SSSR count). The molecule has 1 saturated heterocycles.